The molecule has 0 bridgehead atoms. The number of carbonyl (C=O) groups excluding carboxylic acids is 2. The summed E-state index contributed by atoms with van der Waals surface area (Å²) in [5.41, 5.74) is 10.6. The van der Waals surface area contributed by atoms with E-state index in [9.17, 15) is 14.4 Å². The number of aromatic hydroxyl groups is 1. The van der Waals surface area contributed by atoms with Crippen molar-refractivity contribution in [2.24, 2.45) is 11.5 Å². The van der Waals surface area contributed by atoms with Crippen molar-refractivity contribution in [3.8, 4) is 5.75 Å². The van der Waals surface area contributed by atoms with Crippen molar-refractivity contribution in [2.75, 3.05) is 6.61 Å². The average molecular weight is 299 g/mol. The van der Waals surface area contributed by atoms with Gasteiger partial charge in [-0.15, -0.1) is 0 Å². The van der Waals surface area contributed by atoms with Crippen molar-refractivity contribution < 1.29 is 29.7 Å². The van der Waals surface area contributed by atoms with Gasteiger partial charge in [-0.1, -0.05) is 12.1 Å². The third kappa shape index (κ3) is 8.97. The molecule has 1 rings (SSSR count). The normalized spacial score (nSPS) is 10.8. The summed E-state index contributed by atoms with van der Waals surface area (Å²) in [6.07, 6.45) is 0.273. The first-order chi connectivity index (χ1) is 9.76. The van der Waals surface area contributed by atoms with Gasteiger partial charge in [-0.3, -0.25) is 14.9 Å². The van der Waals surface area contributed by atoms with Crippen molar-refractivity contribution >= 4 is 17.9 Å². The predicted molar refractivity (Wildman–Crippen MR) is 72.2 cm³/mol. The Morgan fingerprint density at radius 3 is 2.05 bits per heavy atom. The maximum atomic E-state index is 10.4. The first-order valence-corrected chi connectivity index (χ1v) is 5.72. The van der Waals surface area contributed by atoms with Crippen LogP contribution in [0.4, 0.5) is 4.79 Å². The average Bonchev–Trinajstić information content (AvgIpc) is 2.41. The predicted octanol–water partition coefficient (Wildman–Crippen LogP) is -1.48. The number of carbonyl (C=O) groups is 3. The summed E-state index contributed by atoms with van der Waals surface area (Å²) in [6.45, 7) is -0.719. The van der Waals surface area contributed by atoms with Crippen LogP contribution in [0.5, 0.6) is 5.75 Å². The Morgan fingerprint density at radius 2 is 1.71 bits per heavy atom. The van der Waals surface area contributed by atoms with Gasteiger partial charge >= 0.3 is 12.0 Å². The Balaban J connectivity index is 0.000000433. The number of benzene rings is 1. The van der Waals surface area contributed by atoms with E-state index in [2.05, 4.69) is 5.73 Å². The molecule has 0 saturated heterocycles. The SMILES string of the molecule is NC(=O)NC(=O)CO.N[C@H](Cc1ccc(O)cc1)C(=O)O. The molecule has 1 atom stereocenters. The molecule has 0 saturated carbocycles. The van der Waals surface area contributed by atoms with Crippen LogP contribution in [0.2, 0.25) is 0 Å². The number of nitrogens with one attached hydrogen (secondary N) is 1. The van der Waals surface area contributed by atoms with Gasteiger partial charge in [-0.05, 0) is 24.1 Å². The molecule has 21 heavy (non-hydrogen) atoms. The molecule has 8 N–H and O–H groups in total. The molecule has 0 radical (unpaired) electrons. The quantitative estimate of drug-likeness (QED) is 0.392. The molecule has 9 nitrogen and oxygen atoms in total. The first-order valence-electron chi connectivity index (χ1n) is 5.72. The van der Waals surface area contributed by atoms with Gasteiger partial charge in [0, 0.05) is 0 Å². The Morgan fingerprint density at radius 1 is 1.19 bits per heavy atom. The topological polar surface area (TPSA) is 176 Å². The second-order valence-electron chi connectivity index (χ2n) is 3.89. The lowest BCUT2D eigenvalue weighted by atomic mass is 10.1. The summed E-state index contributed by atoms with van der Waals surface area (Å²) in [5.74, 6) is -1.65. The number of rotatable bonds is 4. The molecule has 0 aliphatic heterocycles. The van der Waals surface area contributed by atoms with E-state index >= 15 is 0 Å². The Kier molecular flexibility index (Phi) is 8.11. The lowest BCUT2D eigenvalue weighted by molar-refractivity contribution is -0.138. The number of hydrogen-bond acceptors (Lipinski definition) is 6. The number of aliphatic hydroxyl groups excluding tert-OH is 1. The van der Waals surface area contributed by atoms with Gasteiger partial charge in [0.25, 0.3) is 5.91 Å². The number of carboxylic acid groups (broad SMARTS) is 1. The van der Waals surface area contributed by atoms with Gasteiger partial charge in [0.2, 0.25) is 0 Å². The molecule has 116 valence electrons. The molecule has 1 aromatic carbocycles. The monoisotopic (exact) mass is 299 g/mol. The minimum Gasteiger partial charge on any atom is -0.508 e. The van der Waals surface area contributed by atoms with Crippen LogP contribution in [0, 0.1) is 0 Å². The molecule has 3 amide bonds. The highest BCUT2D eigenvalue weighted by Crippen LogP contribution is 2.10. The van der Waals surface area contributed by atoms with Gasteiger partial charge in [0.15, 0.2) is 0 Å². The molecule has 0 spiro atoms. The van der Waals surface area contributed by atoms with Gasteiger partial charge in [0.1, 0.15) is 18.4 Å². The fourth-order valence-corrected chi connectivity index (χ4v) is 1.15. The lowest BCUT2D eigenvalue weighted by Crippen LogP contribution is -2.36. The number of primary amides is 1. The highest BCUT2D eigenvalue weighted by atomic mass is 16.4. The molecule has 0 heterocycles. The summed E-state index contributed by atoms with van der Waals surface area (Å²) in [5, 5.41) is 27.1. The maximum absolute atomic E-state index is 10.4. The zero-order valence-corrected chi connectivity index (χ0v) is 11.0. The number of nitrogens with two attached hydrogens (primary N) is 2. The van der Waals surface area contributed by atoms with Crippen molar-refractivity contribution in [2.45, 2.75) is 12.5 Å². The molecule has 0 aliphatic rings. The van der Waals surface area contributed by atoms with E-state index in [1.165, 1.54) is 12.1 Å². The second-order valence-corrected chi connectivity index (χ2v) is 3.89. The van der Waals surface area contributed by atoms with E-state index in [1.807, 2.05) is 0 Å². The van der Waals surface area contributed by atoms with Crippen LogP contribution >= 0.6 is 0 Å². The number of phenols is 1. The molecule has 9 heteroatoms. The fourth-order valence-electron chi connectivity index (χ4n) is 1.15. The third-order valence-electron chi connectivity index (χ3n) is 2.12. The summed E-state index contributed by atoms with van der Waals surface area (Å²) in [4.78, 5) is 30.1. The second kappa shape index (κ2) is 9.28. The number of hydrogen-bond donors (Lipinski definition) is 6. The number of phenolic OH excluding ortho intramolecular Hbond substituents is 1. The zero-order chi connectivity index (χ0) is 16.4. The van der Waals surface area contributed by atoms with Crippen molar-refractivity contribution in [1.82, 2.24) is 5.32 Å². The van der Waals surface area contributed by atoms with Crippen LogP contribution in [0.3, 0.4) is 0 Å². The summed E-state index contributed by atoms with van der Waals surface area (Å²) in [6, 6.07) is 4.47. The minimum absolute atomic E-state index is 0.160. The van der Waals surface area contributed by atoms with Crippen molar-refractivity contribution in [3.05, 3.63) is 29.8 Å². The summed E-state index contributed by atoms with van der Waals surface area (Å²) < 4.78 is 0. The number of aliphatic hydroxyl groups is 1. The number of imide groups is 1. The van der Waals surface area contributed by atoms with Crippen LogP contribution in [0.15, 0.2) is 24.3 Å². The smallest absolute Gasteiger partial charge is 0.320 e. The van der Waals surface area contributed by atoms with E-state index in [0.717, 1.165) is 5.56 Å². The zero-order valence-electron chi connectivity index (χ0n) is 11.0. The minimum atomic E-state index is -1.02. The largest absolute Gasteiger partial charge is 0.508 e. The molecule has 0 fully saturated rings. The van der Waals surface area contributed by atoms with Gasteiger partial charge in [-0.25, -0.2) is 4.79 Å². The molecular weight excluding hydrogens is 282 g/mol. The highest BCUT2D eigenvalue weighted by Gasteiger charge is 2.11. The number of carboxylic acids is 1. The number of aliphatic carboxylic acids is 1. The van der Waals surface area contributed by atoms with Crippen LogP contribution in [0.25, 0.3) is 0 Å². The van der Waals surface area contributed by atoms with E-state index in [1.54, 1.807) is 17.4 Å². The standard InChI is InChI=1S/C9H11NO3.C3H6N2O3/c10-8(9(12)13)5-6-1-3-7(11)4-2-6;4-3(8)5-2(7)1-6/h1-4,8,11H,5,10H2,(H,12,13);6H,1H2,(H3,4,5,7,8)/t8-;/m1./s1. The highest BCUT2D eigenvalue weighted by molar-refractivity contribution is 5.93. The van der Waals surface area contributed by atoms with Crippen molar-refractivity contribution in [1.29, 1.82) is 0 Å². The van der Waals surface area contributed by atoms with Crippen molar-refractivity contribution in [3.63, 3.8) is 0 Å². The number of urea groups is 1. The van der Waals surface area contributed by atoms with Crippen LogP contribution in [0.1, 0.15) is 5.56 Å². The maximum Gasteiger partial charge on any atom is 0.320 e. The Hall–Kier alpha value is -2.65. The van der Waals surface area contributed by atoms with E-state index in [0.29, 0.717) is 0 Å². The molecule has 1 aromatic rings. The number of amides is 3. The van der Waals surface area contributed by atoms with E-state index in [-0.39, 0.29) is 12.2 Å². The van der Waals surface area contributed by atoms with Gasteiger partial charge in [0.05, 0.1) is 0 Å². The molecule has 0 unspecified atom stereocenters. The van der Waals surface area contributed by atoms with Gasteiger partial charge < -0.3 is 26.8 Å². The molecule has 0 aromatic heterocycles. The van der Waals surface area contributed by atoms with E-state index < -0.39 is 30.6 Å². The summed E-state index contributed by atoms with van der Waals surface area (Å²) in [7, 11) is 0. The Labute approximate surface area is 120 Å². The summed E-state index contributed by atoms with van der Waals surface area (Å²) >= 11 is 0. The first kappa shape index (κ1) is 18.4. The Bertz CT molecular complexity index is 488. The molecule has 0 aliphatic carbocycles. The lowest BCUT2D eigenvalue weighted by Gasteiger charge is -2.05. The third-order valence-corrected chi connectivity index (χ3v) is 2.12. The molecular formula is C12H17N3O6. The van der Waals surface area contributed by atoms with Crippen LogP contribution in [-0.2, 0) is 16.0 Å². The van der Waals surface area contributed by atoms with Gasteiger partial charge in [-0.2, -0.15) is 0 Å². The van der Waals surface area contributed by atoms with Crippen LogP contribution < -0.4 is 16.8 Å². The van der Waals surface area contributed by atoms with E-state index in [4.69, 9.17) is 21.1 Å². The van der Waals surface area contributed by atoms with Crippen LogP contribution in [-0.4, -0.2) is 45.9 Å². The fraction of sp³-hybridized carbons (Fsp3) is 0.250.